The molecular formula is C37H32N2O3. The van der Waals surface area contributed by atoms with Crippen LogP contribution < -0.4 is 5.35 Å². The van der Waals surface area contributed by atoms with E-state index in [1.54, 1.807) is 12.2 Å². The molecule has 0 unspecified atom stereocenters. The number of allylic oxidation sites excluding steroid dienone is 3. The van der Waals surface area contributed by atoms with E-state index in [4.69, 9.17) is 4.99 Å². The van der Waals surface area contributed by atoms with Crippen molar-refractivity contribution in [2.24, 2.45) is 4.99 Å². The van der Waals surface area contributed by atoms with Crippen molar-refractivity contribution in [1.82, 2.24) is 4.57 Å². The minimum absolute atomic E-state index is 0.00777. The lowest BCUT2D eigenvalue weighted by Crippen LogP contribution is -2.19. The summed E-state index contributed by atoms with van der Waals surface area (Å²) in [5, 5.41) is 17.5. The molecule has 42 heavy (non-hydrogen) atoms. The van der Waals surface area contributed by atoms with Crippen molar-refractivity contribution in [3.63, 3.8) is 0 Å². The van der Waals surface area contributed by atoms with E-state index in [0.717, 1.165) is 68.4 Å². The number of carbonyl (C=O) groups is 2. The minimum atomic E-state index is -0.707. The number of carbonyl (C=O) groups excluding carboxylic acids is 2. The Morgan fingerprint density at radius 2 is 1.45 bits per heavy atom. The molecule has 1 aliphatic heterocycles. The maximum absolute atomic E-state index is 13.4. The van der Waals surface area contributed by atoms with E-state index < -0.39 is 11.6 Å². The summed E-state index contributed by atoms with van der Waals surface area (Å²) >= 11 is 0. The van der Waals surface area contributed by atoms with E-state index in [1.807, 2.05) is 42.5 Å². The molecule has 2 aliphatic rings. The first-order chi connectivity index (χ1) is 20.6. The lowest BCUT2D eigenvalue weighted by atomic mass is 10.0. The number of Topliss-reactive ketones (excluding diaryl/α,β-unsaturated/α-hetero) is 2. The SMILES string of the molecule is CCCCCCCCn1/c(=C/C2=C(O)C(=C/C3=Nc4cccc5cccc3c45)/C(=O)C2=O)c2cccc3cccc1c32. The highest BCUT2D eigenvalue weighted by Gasteiger charge is 2.36. The lowest BCUT2D eigenvalue weighted by molar-refractivity contribution is -0.131. The second-order valence-electron chi connectivity index (χ2n) is 11.3. The number of ketones is 2. The van der Waals surface area contributed by atoms with Crippen LogP contribution in [-0.2, 0) is 16.1 Å². The second kappa shape index (κ2) is 10.6. The van der Waals surface area contributed by atoms with Crippen molar-refractivity contribution in [2.75, 3.05) is 0 Å². The maximum atomic E-state index is 13.4. The first kappa shape index (κ1) is 26.1. The summed E-state index contributed by atoms with van der Waals surface area (Å²) in [6, 6.07) is 24.3. The quantitative estimate of drug-likeness (QED) is 0.115. The molecule has 0 saturated carbocycles. The van der Waals surface area contributed by atoms with Crippen LogP contribution in [0.25, 0.3) is 38.5 Å². The summed E-state index contributed by atoms with van der Waals surface area (Å²) in [5.41, 5.74) is 3.40. The monoisotopic (exact) mass is 552 g/mol. The molecule has 5 aromatic rings. The molecule has 1 N–H and O–H groups in total. The van der Waals surface area contributed by atoms with Crippen molar-refractivity contribution in [3.05, 3.63) is 107 Å². The number of aliphatic hydroxyl groups excluding tert-OH is 1. The Kier molecular flexibility index (Phi) is 6.58. The molecule has 7 rings (SSSR count). The van der Waals surface area contributed by atoms with Gasteiger partial charge in [-0.1, -0.05) is 99.7 Å². The summed E-state index contributed by atoms with van der Waals surface area (Å²) in [6.07, 6.45) is 10.3. The number of hydrogen-bond donors (Lipinski definition) is 1. The van der Waals surface area contributed by atoms with Crippen LogP contribution in [0.15, 0.2) is 101 Å². The minimum Gasteiger partial charge on any atom is -0.506 e. The lowest BCUT2D eigenvalue weighted by Gasteiger charge is -2.07. The largest absolute Gasteiger partial charge is 0.506 e. The van der Waals surface area contributed by atoms with Gasteiger partial charge in [0.1, 0.15) is 5.76 Å². The Bertz CT molecular complexity index is 2060. The Balaban J connectivity index is 1.33. The average molecular weight is 553 g/mol. The van der Waals surface area contributed by atoms with Crippen LogP contribution in [0.2, 0.25) is 0 Å². The third-order valence-electron chi connectivity index (χ3n) is 8.64. The van der Waals surface area contributed by atoms with Crippen molar-refractivity contribution < 1.29 is 14.7 Å². The maximum Gasteiger partial charge on any atom is 0.237 e. The fraction of sp³-hybridized carbons (Fsp3) is 0.216. The van der Waals surface area contributed by atoms with E-state index in [9.17, 15) is 14.7 Å². The number of unbranched alkanes of at least 4 members (excludes halogenated alkanes) is 5. The smallest absolute Gasteiger partial charge is 0.237 e. The average Bonchev–Trinajstić information content (AvgIpc) is 3.59. The van der Waals surface area contributed by atoms with Gasteiger partial charge >= 0.3 is 0 Å². The number of aromatic nitrogens is 1. The van der Waals surface area contributed by atoms with Crippen LogP contribution >= 0.6 is 0 Å². The molecular weight excluding hydrogens is 520 g/mol. The van der Waals surface area contributed by atoms with E-state index >= 15 is 0 Å². The first-order valence-electron chi connectivity index (χ1n) is 14.9. The highest BCUT2D eigenvalue weighted by Crippen LogP contribution is 2.37. The number of aliphatic imine (C=N–C) groups is 1. The van der Waals surface area contributed by atoms with Gasteiger partial charge in [-0.05, 0) is 41.5 Å². The molecule has 1 aromatic heterocycles. The fourth-order valence-corrected chi connectivity index (χ4v) is 6.56. The summed E-state index contributed by atoms with van der Waals surface area (Å²) in [4.78, 5) is 31.4. The number of nitrogens with zero attached hydrogens (tertiary/aromatic N) is 2. The van der Waals surface area contributed by atoms with Gasteiger partial charge < -0.3 is 9.67 Å². The number of aliphatic hydroxyl groups is 1. The van der Waals surface area contributed by atoms with Gasteiger partial charge in [0.15, 0.2) is 0 Å². The van der Waals surface area contributed by atoms with Gasteiger partial charge in [0, 0.05) is 39.1 Å². The number of hydrogen-bond acceptors (Lipinski definition) is 4. The van der Waals surface area contributed by atoms with Crippen LogP contribution in [0, 0.1) is 0 Å². The molecule has 5 heteroatoms. The zero-order valence-corrected chi connectivity index (χ0v) is 23.7. The predicted molar refractivity (Wildman–Crippen MR) is 170 cm³/mol. The van der Waals surface area contributed by atoms with Gasteiger partial charge in [-0.25, -0.2) is 4.99 Å². The van der Waals surface area contributed by atoms with Crippen molar-refractivity contribution >= 4 is 61.5 Å². The molecule has 1 aliphatic carbocycles. The van der Waals surface area contributed by atoms with Gasteiger partial charge in [0.25, 0.3) is 0 Å². The fourth-order valence-electron chi connectivity index (χ4n) is 6.56. The Morgan fingerprint density at radius 3 is 2.26 bits per heavy atom. The molecule has 5 nitrogen and oxygen atoms in total. The highest BCUT2D eigenvalue weighted by molar-refractivity contribution is 6.55. The van der Waals surface area contributed by atoms with E-state index in [2.05, 4.69) is 41.8 Å². The highest BCUT2D eigenvalue weighted by atomic mass is 16.3. The van der Waals surface area contributed by atoms with Gasteiger partial charge in [0.2, 0.25) is 11.6 Å². The Labute approximate surface area is 244 Å². The summed E-state index contributed by atoms with van der Waals surface area (Å²) in [5.74, 6) is -1.68. The number of rotatable bonds is 9. The third-order valence-corrected chi connectivity index (χ3v) is 8.64. The van der Waals surface area contributed by atoms with Gasteiger partial charge in [-0.15, -0.1) is 0 Å². The van der Waals surface area contributed by atoms with E-state index in [-0.39, 0.29) is 16.9 Å². The molecule has 0 fully saturated rings. The van der Waals surface area contributed by atoms with Gasteiger partial charge in [-0.3, -0.25) is 9.59 Å². The first-order valence-corrected chi connectivity index (χ1v) is 14.9. The summed E-state index contributed by atoms with van der Waals surface area (Å²) < 4.78 is 2.25. The number of benzene rings is 4. The molecule has 0 bridgehead atoms. The molecule has 0 radical (unpaired) electrons. The summed E-state index contributed by atoms with van der Waals surface area (Å²) in [6.45, 7) is 3.02. The van der Waals surface area contributed by atoms with Gasteiger partial charge in [0.05, 0.1) is 22.5 Å². The Hall–Kier alpha value is -4.77. The molecule has 208 valence electrons. The summed E-state index contributed by atoms with van der Waals surface area (Å²) in [7, 11) is 0. The number of aryl methyl sites for hydroxylation is 1. The van der Waals surface area contributed by atoms with Crippen LogP contribution in [-0.4, -0.2) is 27.0 Å². The molecule has 2 heterocycles. The molecule has 0 amide bonds. The third kappa shape index (κ3) is 4.19. The Morgan fingerprint density at radius 1 is 0.762 bits per heavy atom. The van der Waals surface area contributed by atoms with Crippen molar-refractivity contribution in [2.45, 2.75) is 52.0 Å². The molecule has 4 aromatic carbocycles. The second-order valence-corrected chi connectivity index (χ2v) is 11.3. The van der Waals surface area contributed by atoms with Crippen LogP contribution in [0.5, 0.6) is 0 Å². The van der Waals surface area contributed by atoms with E-state index in [1.165, 1.54) is 25.7 Å². The van der Waals surface area contributed by atoms with Gasteiger partial charge in [-0.2, -0.15) is 0 Å². The predicted octanol–water partition coefficient (Wildman–Crippen LogP) is 7.83. The topological polar surface area (TPSA) is 71.7 Å². The van der Waals surface area contributed by atoms with Crippen LogP contribution in [0.3, 0.4) is 0 Å². The normalized spacial score (nSPS) is 16.4. The molecule has 0 atom stereocenters. The molecule has 0 spiro atoms. The van der Waals surface area contributed by atoms with Crippen molar-refractivity contribution in [1.29, 1.82) is 0 Å². The van der Waals surface area contributed by atoms with Crippen molar-refractivity contribution in [3.8, 4) is 0 Å². The van der Waals surface area contributed by atoms with E-state index in [0.29, 0.717) is 5.71 Å². The zero-order valence-electron chi connectivity index (χ0n) is 23.7. The van der Waals surface area contributed by atoms with Crippen LogP contribution in [0.4, 0.5) is 5.69 Å². The standard InChI is InChI=1S/C37H32N2O3/c1-2-3-4-5-6-7-20-39-31-19-11-15-24-13-9-17-26(34(24)31)32(39)22-28-35(40)27(36(41)37(28)42)21-30-25-16-8-12-23-14-10-18-29(38-30)33(23)25/h8-19,21-22,40H,2-7,20H2,1H3/b27-21-,32-22+. The zero-order chi connectivity index (χ0) is 28.8. The van der Waals surface area contributed by atoms with Crippen LogP contribution in [0.1, 0.15) is 51.0 Å². The molecule has 0 saturated heterocycles.